The van der Waals surface area contributed by atoms with Gasteiger partial charge in [0, 0.05) is 6.42 Å². The molecule has 0 aliphatic rings. The SMILES string of the molecule is CC/C=C/C/C=C/CCCCCCCC(CC(=O)NC(CO)C(O)CCCCCCCCCCCCCCCCCCC)OC(=O)CCCCCCCCCCCCC. The molecule has 0 aliphatic heterocycles. The number of carbonyl (C=O) groups is 2. The molecule has 0 spiro atoms. The third-order valence-electron chi connectivity index (χ3n) is 12.0. The Morgan fingerprint density at radius 2 is 0.915 bits per heavy atom. The van der Waals surface area contributed by atoms with E-state index in [9.17, 15) is 19.8 Å². The summed E-state index contributed by atoms with van der Waals surface area (Å²) in [4.78, 5) is 26.1. The molecule has 0 saturated carbocycles. The highest BCUT2D eigenvalue weighted by atomic mass is 16.5. The molecule has 0 aromatic heterocycles. The van der Waals surface area contributed by atoms with Crippen molar-refractivity contribution in [3.8, 4) is 0 Å². The predicted molar refractivity (Wildman–Crippen MR) is 255 cm³/mol. The second-order valence-electron chi connectivity index (χ2n) is 17.9. The summed E-state index contributed by atoms with van der Waals surface area (Å²) < 4.78 is 5.92. The van der Waals surface area contributed by atoms with Crippen molar-refractivity contribution in [3.63, 3.8) is 0 Å². The Kier molecular flexibility index (Phi) is 46.1. The summed E-state index contributed by atoms with van der Waals surface area (Å²) in [6.45, 7) is 6.39. The lowest BCUT2D eigenvalue weighted by Gasteiger charge is -2.24. The molecule has 0 rings (SSSR count). The molecule has 0 aromatic carbocycles. The highest BCUT2D eigenvalue weighted by Gasteiger charge is 2.24. The van der Waals surface area contributed by atoms with Gasteiger partial charge in [0.25, 0.3) is 0 Å². The van der Waals surface area contributed by atoms with Gasteiger partial charge >= 0.3 is 5.97 Å². The fraction of sp³-hybridized carbons (Fsp3) is 0.887. The largest absolute Gasteiger partial charge is 0.462 e. The Morgan fingerprint density at radius 1 is 0.508 bits per heavy atom. The number of unbranched alkanes of at least 4 members (excludes halogenated alkanes) is 31. The minimum Gasteiger partial charge on any atom is -0.462 e. The van der Waals surface area contributed by atoms with Gasteiger partial charge in [-0.15, -0.1) is 0 Å². The van der Waals surface area contributed by atoms with E-state index >= 15 is 0 Å². The minimum absolute atomic E-state index is 0.0730. The lowest BCUT2D eigenvalue weighted by Crippen LogP contribution is -2.46. The molecule has 59 heavy (non-hydrogen) atoms. The fourth-order valence-corrected chi connectivity index (χ4v) is 8.12. The third-order valence-corrected chi connectivity index (χ3v) is 12.0. The Morgan fingerprint density at radius 3 is 1.37 bits per heavy atom. The third kappa shape index (κ3) is 42.8. The summed E-state index contributed by atoms with van der Waals surface area (Å²) >= 11 is 0. The second kappa shape index (κ2) is 47.4. The number of rotatable bonds is 47. The van der Waals surface area contributed by atoms with Crippen molar-refractivity contribution in [2.45, 2.75) is 296 Å². The number of carbonyl (C=O) groups excluding carboxylic acids is 2. The number of hydrogen-bond acceptors (Lipinski definition) is 5. The number of amides is 1. The van der Waals surface area contributed by atoms with Crippen LogP contribution in [0.1, 0.15) is 278 Å². The van der Waals surface area contributed by atoms with Crippen molar-refractivity contribution in [2.75, 3.05) is 6.61 Å². The molecule has 3 N–H and O–H groups in total. The maximum absolute atomic E-state index is 13.2. The molecule has 6 heteroatoms. The molecule has 0 radical (unpaired) electrons. The summed E-state index contributed by atoms with van der Waals surface area (Å²) in [7, 11) is 0. The van der Waals surface area contributed by atoms with E-state index in [1.807, 2.05) is 0 Å². The van der Waals surface area contributed by atoms with E-state index in [0.29, 0.717) is 19.3 Å². The van der Waals surface area contributed by atoms with Crippen molar-refractivity contribution in [3.05, 3.63) is 24.3 Å². The molecule has 0 fully saturated rings. The average Bonchev–Trinajstić information content (AvgIpc) is 3.23. The van der Waals surface area contributed by atoms with E-state index in [0.717, 1.165) is 70.6 Å². The van der Waals surface area contributed by atoms with E-state index in [1.165, 1.54) is 161 Å². The molecular formula is C53H101NO5. The number of nitrogens with one attached hydrogen (secondary N) is 1. The van der Waals surface area contributed by atoms with Gasteiger partial charge in [0.05, 0.1) is 25.2 Å². The number of hydrogen-bond donors (Lipinski definition) is 3. The van der Waals surface area contributed by atoms with E-state index in [2.05, 4.69) is 50.4 Å². The highest BCUT2D eigenvalue weighted by molar-refractivity contribution is 5.77. The number of allylic oxidation sites excluding steroid dienone is 4. The molecule has 6 nitrogen and oxygen atoms in total. The lowest BCUT2D eigenvalue weighted by atomic mass is 10.0. The van der Waals surface area contributed by atoms with Gasteiger partial charge in [0.1, 0.15) is 6.10 Å². The summed E-state index contributed by atoms with van der Waals surface area (Å²) in [5.74, 6) is -0.476. The van der Waals surface area contributed by atoms with Crippen LogP contribution in [0.2, 0.25) is 0 Å². The van der Waals surface area contributed by atoms with E-state index < -0.39 is 18.2 Å². The molecule has 0 saturated heterocycles. The van der Waals surface area contributed by atoms with Crippen LogP contribution in [0.5, 0.6) is 0 Å². The topological polar surface area (TPSA) is 95.9 Å². The number of ether oxygens (including phenoxy) is 1. The number of aliphatic hydroxyl groups excluding tert-OH is 2. The van der Waals surface area contributed by atoms with Gasteiger partial charge in [-0.1, -0.05) is 238 Å². The quantitative estimate of drug-likeness (QED) is 0.0322. The molecule has 0 heterocycles. The predicted octanol–water partition coefficient (Wildman–Crippen LogP) is 15.5. The zero-order valence-electron chi connectivity index (χ0n) is 39.7. The molecule has 0 aromatic rings. The molecule has 348 valence electrons. The Balaban J connectivity index is 4.46. The van der Waals surface area contributed by atoms with E-state index in [4.69, 9.17) is 4.74 Å². The van der Waals surface area contributed by atoms with Crippen molar-refractivity contribution < 1.29 is 24.5 Å². The maximum Gasteiger partial charge on any atom is 0.306 e. The van der Waals surface area contributed by atoms with Gasteiger partial charge in [-0.2, -0.15) is 0 Å². The van der Waals surface area contributed by atoms with E-state index in [1.54, 1.807) is 0 Å². The molecule has 3 unspecified atom stereocenters. The van der Waals surface area contributed by atoms with Gasteiger partial charge < -0.3 is 20.3 Å². The fourth-order valence-electron chi connectivity index (χ4n) is 8.12. The van der Waals surface area contributed by atoms with Crippen LogP contribution in [-0.4, -0.2) is 46.9 Å². The summed E-state index contributed by atoms with van der Waals surface area (Å²) in [6.07, 6.45) is 53.8. The second-order valence-corrected chi connectivity index (χ2v) is 17.9. The normalized spacial score (nSPS) is 13.4. The van der Waals surface area contributed by atoms with Gasteiger partial charge in [0.15, 0.2) is 0 Å². The minimum atomic E-state index is -0.787. The Bertz CT molecular complexity index is 935. The van der Waals surface area contributed by atoms with Gasteiger partial charge in [-0.25, -0.2) is 0 Å². The van der Waals surface area contributed by atoms with Crippen molar-refractivity contribution in [1.29, 1.82) is 0 Å². The van der Waals surface area contributed by atoms with Crippen LogP contribution in [0.3, 0.4) is 0 Å². The first-order valence-corrected chi connectivity index (χ1v) is 26.1. The summed E-state index contributed by atoms with van der Waals surface area (Å²) in [5, 5.41) is 23.8. The monoisotopic (exact) mass is 832 g/mol. The molecule has 0 aliphatic carbocycles. The average molecular weight is 832 g/mol. The summed E-state index contributed by atoms with van der Waals surface area (Å²) in [6, 6.07) is -0.701. The Labute approximate surface area is 367 Å². The molecular weight excluding hydrogens is 731 g/mol. The zero-order valence-corrected chi connectivity index (χ0v) is 39.7. The van der Waals surface area contributed by atoms with Gasteiger partial charge in [-0.3, -0.25) is 9.59 Å². The van der Waals surface area contributed by atoms with Crippen LogP contribution in [0.15, 0.2) is 24.3 Å². The van der Waals surface area contributed by atoms with Crippen molar-refractivity contribution in [1.82, 2.24) is 5.32 Å². The molecule has 1 amide bonds. The first-order valence-electron chi connectivity index (χ1n) is 26.1. The maximum atomic E-state index is 13.2. The van der Waals surface area contributed by atoms with Crippen LogP contribution in [0.4, 0.5) is 0 Å². The Hall–Kier alpha value is -1.66. The van der Waals surface area contributed by atoms with Crippen LogP contribution in [-0.2, 0) is 14.3 Å². The first-order chi connectivity index (χ1) is 29.0. The standard InChI is InChI=1S/C53H101NO5/c1-4-7-10-13-16-19-22-24-25-26-27-28-31-33-36-39-42-45-51(56)50(48-55)54-52(57)47-49(44-41-38-35-32-30-23-20-17-14-11-8-5-2)59-53(58)46-43-40-37-34-29-21-18-15-12-9-6-3/h8,11,17,20,49-51,55-56H,4-7,9-10,12-16,18-19,21-48H2,1-3H3,(H,54,57)/b11-8+,20-17+. The lowest BCUT2D eigenvalue weighted by molar-refractivity contribution is -0.151. The van der Waals surface area contributed by atoms with Crippen molar-refractivity contribution in [2.24, 2.45) is 0 Å². The number of aliphatic hydroxyl groups is 2. The summed E-state index contributed by atoms with van der Waals surface area (Å²) in [5.41, 5.74) is 0. The van der Waals surface area contributed by atoms with Gasteiger partial charge in [0.2, 0.25) is 5.91 Å². The van der Waals surface area contributed by atoms with Crippen LogP contribution >= 0.6 is 0 Å². The van der Waals surface area contributed by atoms with Crippen LogP contribution in [0, 0.1) is 0 Å². The van der Waals surface area contributed by atoms with Crippen molar-refractivity contribution >= 4 is 11.9 Å². The molecule has 0 bridgehead atoms. The highest BCUT2D eigenvalue weighted by Crippen LogP contribution is 2.18. The smallest absolute Gasteiger partial charge is 0.306 e. The van der Waals surface area contributed by atoms with Crippen LogP contribution in [0.25, 0.3) is 0 Å². The molecule has 3 atom stereocenters. The zero-order chi connectivity index (χ0) is 43.1. The first kappa shape index (κ1) is 57.3. The van der Waals surface area contributed by atoms with E-state index in [-0.39, 0.29) is 24.9 Å². The van der Waals surface area contributed by atoms with Gasteiger partial charge in [-0.05, 0) is 51.4 Å². The number of esters is 1. The van der Waals surface area contributed by atoms with Crippen LogP contribution < -0.4 is 5.32 Å².